The van der Waals surface area contributed by atoms with E-state index < -0.39 is 0 Å². The zero-order valence-corrected chi connectivity index (χ0v) is 14.6. The second-order valence-electron chi connectivity index (χ2n) is 5.76. The molecule has 0 saturated carbocycles. The smallest absolute Gasteiger partial charge is 0.225 e. The van der Waals surface area contributed by atoms with Crippen LogP contribution in [0.25, 0.3) is 0 Å². The van der Waals surface area contributed by atoms with Crippen LogP contribution in [0.15, 0.2) is 24.3 Å². The van der Waals surface area contributed by atoms with Gasteiger partial charge in [0.25, 0.3) is 0 Å². The van der Waals surface area contributed by atoms with E-state index in [1.165, 1.54) is 0 Å². The summed E-state index contributed by atoms with van der Waals surface area (Å²) in [6.45, 7) is 9.73. The normalized spacial score (nSPS) is 10.7. The summed E-state index contributed by atoms with van der Waals surface area (Å²) in [5.41, 5.74) is 0.834. The number of hydrogen-bond acceptors (Lipinski definition) is 2. The molecule has 0 heterocycles. The monoisotopic (exact) mass is 320 g/mol. The molecule has 0 atom stereocenters. The minimum atomic E-state index is -0.0630. The van der Waals surface area contributed by atoms with E-state index in [9.17, 15) is 4.79 Å². The minimum absolute atomic E-state index is 0.0630. The second-order valence-corrected chi connectivity index (χ2v) is 6.17. The van der Waals surface area contributed by atoms with Gasteiger partial charge in [-0.3, -0.25) is 9.69 Å². The molecule has 1 aromatic rings. The summed E-state index contributed by atoms with van der Waals surface area (Å²) >= 11 is 6.03. The number of rotatable bonds is 6. The highest BCUT2D eigenvalue weighted by molar-refractivity contribution is 6.31. The molecule has 22 heavy (non-hydrogen) atoms. The summed E-state index contributed by atoms with van der Waals surface area (Å²) < 4.78 is 0. The van der Waals surface area contributed by atoms with Gasteiger partial charge in [0.2, 0.25) is 5.91 Å². The van der Waals surface area contributed by atoms with Crippen LogP contribution in [0.3, 0.4) is 0 Å². The van der Waals surface area contributed by atoms with Crippen molar-refractivity contribution >= 4 is 17.5 Å². The van der Waals surface area contributed by atoms with Crippen molar-refractivity contribution in [2.75, 3.05) is 13.1 Å². The fraction of sp³-hybridized carbons (Fsp3) is 0.500. The van der Waals surface area contributed by atoms with Crippen LogP contribution in [0.2, 0.25) is 5.02 Å². The summed E-state index contributed by atoms with van der Waals surface area (Å²) in [5.74, 6) is 6.05. The lowest BCUT2D eigenvalue weighted by molar-refractivity contribution is -0.120. The lowest BCUT2D eigenvalue weighted by Crippen LogP contribution is -2.37. The van der Waals surface area contributed by atoms with E-state index in [-0.39, 0.29) is 12.3 Å². The van der Waals surface area contributed by atoms with Crippen LogP contribution < -0.4 is 5.32 Å². The maximum absolute atomic E-state index is 11.8. The number of hydrogen-bond donors (Lipinski definition) is 1. The Morgan fingerprint density at radius 3 is 2.41 bits per heavy atom. The number of carbonyl (C=O) groups is 1. The first-order valence-corrected chi connectivity index (χ1v) is 8.01. The van der Waals surface area contributed by atoms with Gasteiger partial charge in [0.05, 0.1) is 19.5 Å². The van der Waals surface area contributed by atoms with Gasteiger partial charge in [-0.05, 0) is 39.3 Å². The summed E-state index contributed by atoms with van der Waals surface area (Å²) in [7, 11) is 0. The van der Waals surface area contributed by atoms with Crippen LogP contribution in [-0.2, 0) is 11.2 Å². The molecule has 0 aliphatic carbocycles. The Kier molecular flexibility index (Phi) is 8.01. The van der Waals surface area contributed by atoms with E-state index in [1.54, 1.807) is 6.07 Å². The number of nitrogens with zero attached hydrogens (tertiary/aromatic N) is 1. The maximum atomic E-state index is 11.8. The molecule has 0 bridgehead atoms. The van der Waals surface area contributed by atoms with Gasteiger partial charge in [0.1, 0.15) is 0 Å². The third-order valence-corrected chi connectivity index (χ3v) is 3.76. The zero-order chi connectivity index (χ0) is 16.5. The molecule has 0 unspecified atom stereocenters. The highest BCUT2D eigenvalue weighted by Gasteiger charge is 2.10. The molecule has 0 aliphatic rings. The Morgan fingerprint density at radius 2 is 1.82 bits per heavy atom. The van der Waals surface area contributed by atoms with Crippen molar-refractivity contribution in [3.63, 3.8) is 0 Å². The lowest BCUT2D eigenvalue weighted by Gasteiger charge is -2.28. The molecule has 1 N–H and O–H groups in total. The van der Waals surface area contributed by atoms with Crippen molar-refractivity contribution in [2.45, 2.75) is 46.2 Å². The molecule has 3 nitrogen and oxygen atoms in total. The summed E-state index contributed by atoms with van der Waals surface area (Å²) in [5, 5.41) is 3.42. The van der Waals surface area contributed by atoms with E-state index in [2.05, 4.69) is 49.8 Å². The van der Waals surface area contributed by atoms with Crippen LogP contribution in [0.1, 0.15) is 33.3 Å². The fourth-order valence-electron chi connectivity index (χ4n) is 2.19. The first-order valence-electron chi connectivity index (χ1n) is 7.63. The fourth-order valence-corrected chi connectivity index (χ4v) is 2.39. The standard InChI is InChI=1S/C18H25ClN2O/c1-14(2)21(15(3)4)12-8-7-11-20-18(22)13-16-9-5-6-10-17(16)19/h5-6,9-10,14-15H,11-13H2,1-4H3,(H,20,22). The molecule has 0 saturated heterocycles. The molecule has 1 aromatic carbocycles. The van der Waals surface area contributed by atoms with Crippen molar-refractivity contribution < 1.29 is 4.79 Å². The van der Waals surface area contributed by atoms with E-state index in [4.69, 9.17) is 11.6 Å². The van der Waals surface area contributed by atoms with Crippen LogP contribution >= 0.6 is 11.6 Å². The highest BCUT2D eigenvalue weighted by Crippen LogP contribution is 2.15. The molecule has 0 aromatic heterocycles. The molecule has 120 valence electrons. The predicted octanol–water partition coefficient (Wildman–Crippen LogP) is 3.12. The summed E-state index contributed by atoms with van der Waals surface area (Å²) in [6, 6.07) is 8.30. The Bertz CT molecular complexity index is 536. The summed E-state index contributed by atoms with van der Waals surface area (Å²) in [6.07, 6.45) is 0.283. The molecule has 0 spiro atoms. The molecule has 1 amide bonds. The lowest BCUT2D eigenvalue weighted by atomic mass is 10.1. The molecule has 0 radical (unpaired) electrons. The Balaban J connectivity index is 2.37. The SMILES string of the molecule is CC(C)N(CC#CCNC(=O)Cc1ccccc1Cl)C(C)C. The molecular formula is C18H25ClN2O. The highest BCUT2D eigenvalue weighted by atomic mass is 35.5. The Morgan fingerprint density at radius 1 is 1.18 bits per heavy atom. The quantitative estimate of drug-likeness (QED) is 0.817. The van der Waals surface area contributed by atoms with Crippen molar-refractivity contribution in [3.8, 4) is 11.8 Å². The topological polar surface area (TPSA) is 32.3 Å². The van der Waals surface area contributed by atoms with E-state index in [0.717, 1.165) is 12.1 Å². The van der Waals surface area contributed by atoms with Crippen LogP contribution in [0.4, 0.5) is 0 Å². The van der Waals surface area contributed by atoms with E-state index in [1.807, 2.05) is 18.2 Å². The zero-order valence-electron chi connectivity index (χ0n) is 13.8. The summed E-state index contributed by atoms with van der Waals surface area (Å²) in [4.78, 5) is 14.1. The first kappa shape index (κ1) is 18.5. The van der Waals surface area contributed by atoms with Crippen molar-refractivity contribution in [3.05, 3.63) is 34.9 Å². The van der Waals surface area contributed by atoms with Gasteiger partial charge in [-0.2, -0.15) is 0 Å². The predicted molar refractivity (Wildman–Crippen MR) is 92.9 cm³/mol. The Hall–Kier alpha value is -1.50. The van der Waals surface area contributed by atoms with E-state index >= 15 is 0 Å². The Labute approximate surface area is 139 Å². The van der Waals surface area contributed by atoms with Crippen molar-refractivity contribution in [1.29, 1.82) is 0 Å². The van der Waals surface area contributed by atoms with Crippen LogP contribution in [-0.4, -0.2) is 36.0 Å². The van der Waals surface area contributed by atoms with Gasteiger partial charge >= 0.3 is 0 Å². The third-order valence-electron chi connectivity index (χ3n) is 3.40. The average Bonchev–Trinajstić information content (AvgIpc) is 2.44. The largest absolute Gasteiger partial charge is 0.345 e. The van der Waals surface area contributed by atoms with Crippen molar-refractivity contribution in [2.24, 2.45) is 0 Å². The molecule has 4 heteroatoms. The van der Waals surface area contributed by atoms with Gasteiger partial charge in [0, 0.05) is 17.1 Å². The minimum Gasteiger partial charge on any atom is -0.345 e. The average molecular weight is 321 g/mol. The van der Waals surface area contributed by atoms with Crippen LogP contribution in [0, 0.1) is 11.8 Å². The van der Waals surface area contributed by atoms with Gasteiger partial charge in [-0.1, -0.05) is 41.6 Å². The maximum Gasteiger partial charge on any atom is 0.225 e. The molecular weight excluding hydrogens is 296 g/mol. The van der Waals surface area contributed by atoms with Crippen molar-refractivity contribution in [1.82, 2.24) is 10.2 Å². The van der Waals surface area contributed by atoms with Gasteiger partial charge in [-0.15, -0.1) is 0 Å². The number of amides is 1. The van der Waals surface area contributed by atoms with Gasteiger partial charge in [-0.25, -0.2) is 0 Å². The number of carbonyl (C=O) groups excluding carboxylic acids is 1. The first-order chi connectivity index (χ1) is 10.4. The third kappa shape index (κ3) is 6.51. The molecule has 1 rings (SSSR count). The number of nitrogens with one attached hydrogen (secondary N) is 1. The van der Waals surface area contributed by atoms with Gasteiger partial charge < -0.3 is 5.32 Å². The molecule has 0 fully saturated rings. The van der Waals surface area contributed by atoms with E-state index in [0.29, 0.717) is 23.7 Å². The molecule has 0 aliphatic heterocycles. The number of halogens is 1. The van der Waals surface area contributed by atoms with Gasteiger partial charge in [0.15, 0.2) is 0 Å². The second kappa shape index (κ2) is 9.50. The van der Waals surface area contributed by atoms with Crippen LogP contribution in [0.5, 0.6) is 0 Å². The number of benzene rings is 1.